The smallest absolute Gasteiger partial charge is 0.131 e. The predicted molar refractivity (Wildman–Crippen MR) is 75.9 cm³/mol. The highest BCUT2D eigenvalue weighted by atomic mass is 35.5. The Hall–Kier alpha value is -1.58. The maximum Gasteiger partial charge on any atom is 0.131 e. The van der Waals surface area contributed by atoms with Crippen LogP contribution in [-0.2, 0) is 6.54 Å². The van der Waals surface area contributed by atoms with Gasteiger partial charge in [0.25, 0.3) is 0 Å². The van der Waals surface area contributed by atoms with E-state index in [0.29, 0.717) is 16.7 Å². The summed E-state index contributed by atoms with van der Waals surface area (Å²) in [6, 6.07) is 7.94. The largest absolute Gasteiger partial charge is 0.343 e. The average Bonchev–Trinajstić information content (AvgIpc) is 2.39. The van der Waals surface area contributed by atoms with Gasteiger partial charge in [0.2, 0.25) is 0 Å². The van der Waals surface area contributed by atoms with E-state index in [-0.39, 0.29) is 5.82 Å². The van der Waals surface area contributed by atoms with Gasteiger partial charge in [-0.25, -0.2) is 9.37 Å². The molecule has 2 heterocycles. The highest BCUT2D eigenvalue weighted by Crippen LogP contribution is 2.30. The van der Waals surface area contributed by atoms with Crippen LogP contribution in [0.25, 0.3) is 6.08 Å². The van der Waals surface area contributed by atoms with Gasteiger partial charge < -0.3 is 4.90 Å². The Bertz CT molecular complexity index is 653. The minimum absolute atomic E-state index is 0.253. The van der Waals surface area contributed by atoms with Crippen molar-refractivity contribution in [3.8, 4) is 0 Å². The van der Waals surface area contributed by atoms with Crippen molar-refractivity contribution < 1.29 is 4.39 Å². The molecule has 19 heavy (non-hydrogen) atoms. The topological polar surface area (TPSA) is 16.1 Å². The normalized spacial score (nSPS) is 13.5. The fourth-order valence-electron chi connectivity index (χ4n) is 2.02. The minimum atomic E-state index is -0.253. The van der Waals surface area contributed by atoms with Crippen LogP contribution in [0, 0.1) is 5.82 Å². The summed E-state index contributed by atoms with van der Waals surface area (Å²) in [6.07, 6.45) is 3.73. The number of anilines is 1. The summed E-state index contributed by atoms with van der Waals surface area (Å²) in [5, 5.41) is 0.968. The quantitative estimate of drug-likeness (QED) is 0.719. The number of aromatic nitrogens is 1. The summed E-state index contributed by atoms with van der Waals surface area (Å²) in [5.74, 6) is -0.253. The molecule has 1 aromatic carbocycles. The molecule has 0 bridgehead atoms. The number of benzene rings is 1. The van der Waals surface area contributed by atoms with Gasteiger partial charge in [0.05, 0.1) is 17.3 Å². The Labute approximate surface area is 120 Å². The molecule has 0 unspecified atom stereocenters. The van der Waals surface area contributed by atoms with Crippen molar-refractivity contribution in [1.82, 2.24) is 4.98 Å². The van der Waals surface area contributed by atoms with Crippen molar-refractivity contribution in [2.24, 2.45) is 0 Å². The first-order valence-electron chi connectivity index (χ1n) is 5.69. The van der Waals surface area contributed by atoms with Gasteiger partial charge in [0, 0.05) is 17.5 Å². The molecule has 0 N–H and O–H groups in total. The number of hydrogen-bond donors (Lipinski definition) is 0. The lowest BCUT2D eigenvalue weighted by molar-refractivity contribution is 0.627. The van der Waals surface area contributed by atoms with Crippen molar-refractivity contribution in [2.45, 2.75) is 6.54 Å². The molecule has 96 valence electrons. The first-order valence-corrected chi connectivity index (χ1v) is 6.44. The molecule has 0 amide bonds. The van der Waals surface area contributed by atoms with Crippen molar-refractivity contribution in [1.29, 1.82) is 0 Å². The Morgan fingerprint density at radius 2 is 1.89 bits per heavy atom. The molecule has 3 rings (SSSR count). The maximum absolute atomic E-state index is 12.9. The molecule has 0 aliphatic carbocycles. The summed E-state index contributed by atoms with van der Waals surface area (Å²) < 4.78 is 12.9. The van der Waals surface area contributed by atoms with Gasteiger partial charge in [0.15, 0.2) is 0 Å². The lowest BCUT2D eigenvalue weighted by atomic mass is 10.1. The second kappa shape index (κ2) is 4.83. The number of pyridine rings is 1. The molecule has 1 aliphatic rings. The number of fused-ring (bicyclic) bond motifs is 1. The van der Waals surface area contributed by atoms with Crippen LogP contribution in [0.4, 0.5) is 10.1 Å². The van der Waals surface area contributed by atoms with Gasteiger partial charge >= 0.3 is 0 Å². The second-order valence-corrected chi connectivity index (χ2v) is 5.01. The minimum Gasteiger partial charge on any atom is -0.343 e. The van der Waals surface area contributed by atoms with Gasteiger partial charge in [-0.2, -0.15) is 0 Å². The standard InChI is InChI=1S/C14H9Cl2FN2/c15-12-7-14(16)18-13-5-6-19(8-11(12)13)10-3-1-9(17)2-4-10/h1-7H,8H2. The molecule has 1 aliphatic heterocycles. The zero-order chi connectivity index (χ0) is 13.4. The van der Waals surface area contributed by atoms with Gasteiger partial charge in [-0.3, -0.25) is 0 Å². The Morgan fingerprint density at radius 3 is 2.63 bits per heavy atom. The van der Waals surface area contributed by atoms with Gasteiger partial charge in [0.1, 0.15) is 11.0 Å². The Kier molecular flexibility index (Phi) is 3.17. The molecule has 2 aromatic rings. The fourth-order valence-corrected chi connectivity index (χ4v) is 2.53. The highest BCUT2D eigenvalue weighted by Gasteiger charge is 2.17. The summed E-state index contributed by atoms with van der Waals surface area (Å²) in [5.41, 5.74) is 2.59. The molecule has 0 saturated heterocycles. The van der Waals surface area contributed by atoms with Crippen LogP contribution in [-0.4, -0.2) is 4.98 Å². The van der Waals surface area contributed by atoms with Crippen LogP contribution >= 0.6 is 23.2 Å². The zero-order valence-electron chi connectivity index (χ0n) is 9.78. The molecule has 0 atom stereocenters. The molecular weight excluding hydrogens is 286 g/mol. The number of halogens is 3. The van der Waals surface area contributed by atoms with Crippen LogP contribution in [0.1, 0.15) is 11.3 Å². The van der Waals surface area contributed by atoms with Crippen molar-refractivity contribution in [2.75, 3.05) is 4.90 Å². The molecule has 1 aromatic heterocycles. The van der Waals surface area contributed by atoms with Gasteiger partial charge in [-0.15, -0.1) is 0 Å². The lowest BCUT2D eigenvalue weighted by Gasteiger charge is -2.25. The first kappa shape index (κ1) is 12.5. The summed E-state index contributed by atoms with van der Waals surface area (Å²) in [4.78, 5) is 6.20. The van der Waals surface area contributed by atoms with E-state index < -0.39 is 0 Å². The van der Waals surface area contributed by atoms with E-state index in [1.807, 2.05) is 17.2 Å². The molecule has 0 spiro atoms. The maximum atomic E-state index is 12.9. The molecular formula is C14H9Cl2FN2. The van der Waals surface area contributed by atoms with E-state index in [2.05, 4.69) is 4.98 Å². The predicted octanol–water partition coefficient (Wildman–Crippen LogP) is 4.52. The van der Waals surface area contributed by atoms with Crippen LogP contribution < -0.4 is 4.90 Å². The van der Waals surface area contributed by atoms with Crippen LogP contribution in [0.5, 0.6) is 0 Å². The third-order valence-corrected chi connectivity index (χ3v) is 3.50. The van der Waals surface area contributed by atoms with Crippen LogP contribution in [0.15, 0.2) is 36.5 Å². The van der Waals surface area contributed by atoms with E-state index in [4.69, 9.17) is 23.2 Å². The molecule has 0 radical (unpaired) electrons. The highest BCUT2D eigenvalue weighted by molar-refractivity contribution is 6.34. The Balaban J connectivity index is 1.97. The Morgan fingerprint density at radius 1 is 1.16 bits per heavy atom. The summed E-state index contributed by atoms with van der Waals surface area (Å²) >= 11 is 12.0. The van der Waals surface area contributed by atoms with Crippen molar-refractivity contribution >= 4 is 35.0 Å². The van der Waals surface area contributed by atoms with E-state index in [1.54, 1.807) is 18.2 Å². The summed E-state index contributed by atoms with van der Waals surface area (Å²) in [6.45, 7) is 0.584. The van der Waals surface area contributed by atoms with E-state index >= 15 is 0 Å². The third-order valence-electron chi connectivity index (χ3n) is 2.97. The molecule has 2 nitrogen and oxygen atoms in total. The van der Waals surface area contributed by atoms with Gasteiger partial charge in [-0.05, 0) is 36.4 Å². The van der Waals surface area contributed by atoms with E-state index in [0.717, 1.165) is 16.9 Å². The lowest BCUT2D eigenvalue weighted by Crippen LogP contribution is -2.20. The molecule has 5 heteroatoms. The first-order chi connectivity index (χ1) is 9.13. The zero-order valence-corrected chi connectivity index (χ0v) is 11.3. The van der Waals surface area contributed by atoms with E-state index in [9.17, 15) is 4.39 Å². The number of rotatable bonds is 1. The molecule has 0 saturated carbocycles. The number of nitrogens with zero attached hydrogens (tertiary/aromatic N) is 2. The van der Waals surface area contributed by atoms with Crippen molar-refractivity contribution in [3.63, 3.8) is 0 Å². The molecule has 0 fully saturated rings. The summed E-state index contributed by atoms with van der Waals surface area (Å²) in [7, 11) is 0. The van der Waals surface area contributed by atoms with Crippen LogP contribution in [0.3, 0.4) is 0 Å². The second-order valence-electron chi connectivity index (χ2n) is 4.21. The third kappa shape index (κ3) is 2.44. The SMILES string of the molecule is Fc1ccc(N2C=Cc3nc(Cl)cc(Cl)c3C2)cc1. The van der Waals surface area contributed by atoms with Gasteiger partial charge in [-0.1, -0.05) is 23.2 Å². The van der Waals surface area contributed by atoms with E-state index in [1.165, 1.54) is 12.1 Å². The van der Waals surface area contributed by atoms with Crippen molar-refractivity contribution in [3.05, 3.63) is 63.8 Å². The average molecular weight is 295 g/mol. The number of hydrogen-bond acceptors (Lipinski definition) is 2. The van der Waals surface area contributed by atoms with Crippen LogP contribution in [0.2, 0.25) is 10.2 Å². The fraction of sp³-hybridized carbons (Fsp3) is 0.0714. The monoisotopic (exact) mass is 294 g/mol.